The molecule has 0 saturated carbocycles. The highest BCUT2D eigenvalue weighted by molar-refractivity contribution is 6.09. The van der Waals surface area contributed by atoms with E-state index in [1.54, 1.807) is 6.20 Å². The zero-order valence-corrected chi connectivity index (χ0v) is 13.5. The van der Waals surface area contributed by atoms with Crippen LogP contribution in [0.4, 0.5) is 5.69 Å². The average Bonchev–Trinajstić information content (AvgIpc) is 2.56. The molecular formula is C19H16ClN3. The summed E-state index contributed by atoms with van der Waals surface area (Å²) in [7, 11) is 2.09. The number of nitrogens with zero attached hydrogens (tertiary/aromatic N) is 2. The second-order valence-electron chi connectivity index (χ2n) is 5.47. The van der Waals surface area contributed by atoms with E-state index in [2.05, 4.69) is 53.0 Å². The lowest BCUT2D eigenvalue weighted by atomic mass is 9.99. The van der Waals surface area contributed by atoms with Gasteiger partial charge in [-0.1, -0.05) is 18.2 Å². The third kappa shape index (κ3) is 2.39. The summed E-state index contributed by atoms with van der Waals surface area (Å²) in [5, 5.41) is 3.59. The van der Waals surface area contributed by atoms with Crippen LogP contribution in [0, 0.1) is 0 Å². The Balaban J connectivity index is 0.00000156. The number of hydrogen-bond donors (Lipinski definition) is 1. The van der Waals surface area contributed by atoms with Crippen molar-refractivity contribution in [3.8, 4) is 11.3 Å². The number of para-hydroxylation sites is 1. The summed E-state index contributed by atoms with van der Waals surface area (Å²) in [4.78, 5) is 4.27. The van der Waals surface area contributed by atoms with Crippen LogP contribution in [0.2, 0.25) is 0 Å². The van der Waals surface area contributed by atoms with Crippen molar-refractivity contribution in [2.24, 2.45) is 7.05 Å². The van der Waals surface area contributed by atoms with Crippen molar-refractivity contribution >= 4 is 27.4 Å². The van der Waals surface area contributed by atoms with E-state index >= 15 is 0 Å². The molecule has 2 N–H and O–H groups in total. The first-order chi connectivity index (χ1) is 10.8. The van der Waals surface area contributed by atoms with Gasteiger partial charge in [0.2, 0.25) is 11.2 Å². The topological polar surface area (TPSA) is 42.8 Å². The number of nitrogen functional groups attached to an aromatic ring is 1. The number of aromatic nitrogens is 2. The number of aryl methyl sites for hydroxylation is 1. The minimum Gasteiger partial charge on any atom is -1.00 e. The fourth-order valence-electron chi connectivity index (χ4n) is 3.14. The molecule has 0 radical (unpaired) electrons. The van der Waals surface area contributed by atoms with Crippen LogP contribution in [0.15, 0.2) is 67.0 Å². The zero-order valence-electron chi connectivity index (χ0n) is 12.7. The predicted octanol–water partition coefficient (Wildman–Crippen LogP) is 0.466. The van der Waals surface area contributed by atoms with Gasteiger partial charge >= 0.3 is 0 Å². The number of halogens is 1. The average molecular weight is 322 g/mol. The largest absolute Gasteiger partial charge is 1.00 e. The van der Waals surface area contributed by atoms with Gasteiger partial charge in [-0.2, -0.15) is 4.57 Å². The Morgan fingerprint density at radius 1 is 0.913 bits per heavy atom. The Labute approximate surface area is 140 Å². The van der Waals surface area contributed by atoms with Crippen molar-refractivity contribution in [3.63, 3.8) is 0 Å². The molecule has 0 fully saturated rings. The molecule has 4 heteroatoms. The van der Waals surface area contributed by atoms with Gasteiger partial charge in [0.1, 0.15) is 7.05 Å². The SMILES string of the molecule is C[n+]1c(-c2cccnc2)c2cc(N)ccc2c2ccccc21.[Cl-]. The minimum absolute atomic E-state index is 0. The van der Waals surface area contributed by atoms with E-state index in [1.165, 1.54) is 16.3 Å². The molecule has 23 heavy (non-hydrogen) atoms. The van der Waals surface area contributed by atoms with Gasteiger partial charge < -0.3 is 18.1 Å². The lowest BCUT2D eigenvalue weighted by Crippen LogP contribution is -3.00. The van der Waals surface area contributed by atoms with Crippen molar-refractivity contribution in [2.75, 3.05) is 5.73 Å². The van der Waals surface area contributed by atoms with Gasteiger partial charge in [-0.05, 0) is 30.3 Å². The van der Waals surface area contributed by atoms with E-state index in [9.17, 15) is 0 Å². The molecule has 0 aliphatic carbocycles. The van der Waals surface area contributed by atoms with Crippen LogP contribution in [-0.4, -0.2) is 4.98 Å². The normalized spacial score (nSPS) is 10.7. The fraction of sp³-hybridized carbons (Fsp3) is 0.0526. The van der Waals surface area contributed by atoms with Crippen molar-refractivity contribution < 1.29 is 17.0 Å². The maximum Gasteiger partial charge on any atom is 0.222 e. The molecule has 0 aliphatic heterocycles. The summed E-state index contributed by atoms with van der Waals surface area (Å²) < 4.78 is 2.22. The molecule has 3 nitrogen and oxygen atoms in total. The third-order valence-electron chi connectivity index (χ3n) is 4.12. The van der Waals surface area contributed by atoms with E-state index in [0.717, 1.165) is 22.3 Å². The van der Waals surface area contributed by atoms with Gasteiger partial charge in [0.25, 0.3) is 0 Å². The van der Waals surface area contributed by atoms with Crippen LogP contribution in [-0.2, 0) is 7.05 Å². The molecule has 0 atom stereocenters. The van der Waals surface area contributed by atoms with Gasteiger partial charge in [-0.3, -0.25) is 4.98 Å². The van der Waals surface area contributed by atoms with Gasteiger partial charge in [0, 0.05) is 29.5 Å². The molecule has 2 aromatic heterocycles. The molecule has 4 rings (SSSR count). The van der Waals surface area contributed by atoms with Crippen molar-refractivity contribution in [2.45, 2.75) is 0 Å². The van der Waals surface area contributed by atoms with E-state index in [1.807, 2.05) is 24.4 Å². The number of rotatable bonds is 1. The van der Waals surface area contributed by atoms with E-state index in [4.69, 9.17) is 5.73 Å². The number of benzene rings is 2. The van der Waals surface area contributed by atoms with Crippen molar-refractivity contribution in [1.29, 1.82) is 0 Å². The van der Waals surface area contributed by atoms with E-state index < -0.39 is 0 Å². The van der Waals surface area contributed by atoms with Crippen LogP contribution < -0.4 is 22.7 Å². The highest BCUT2D eigenvalue weighted by atomic mass is 35.5. The number of anilines is 1. The molecule has 2 aromatic carbocycles. The van der Waals surface area contributed by atoms with Crippen LogP contribution in [0.1, 0.15) is 0 Å². The summed E-state index contributed by atoms with van der Waals surface area (Å²) in [5.74, 6) is 0. The quantitative estimate of drug-likeness (QED) is 0.314. The Kier molecular flexibility index (Phi) is 3.89. The standard InChI is InChI=1S/C19H16N3.ClH/c1-22-18-7-3-2-6-16(18)15-9-8-14(20)11-17(15)19(22)13-5-4-10-21-12-13;/h2-12H,20H2,1H3;1H/q+1;/p-1. The van der Waals surface area contributed by atoms with Gasteiger partial charge in [-0.15, -0.1) is 0 Å². The first kappa shape index (κ1) is 15.3. The Bertz CT molecular complexity index is 997. The lowest BCUT2D eigenvalue weighted by Gasteiger charge is -2.09. The molecular weight excluding hydrogens is 306 g/mol. The number of fused-ring (bicyclic) bond motifs is 3. The summed E-state index contributed by atoms with van der Waals surface area (Å²) in [6, 6.07) is 18.6. The second kappa shape index (κ2) is 5.86. The summed E-state index contributed by atoms with van der Waals surface area (Å²) >= 11 is 0. The number of pyridine rings is 2. The van der Waals surface area contributed by atoms with E-state index in [0.29, 0.717) is 0 Å². The molecule has 0 unspecified atom stereocenters. The third-order valence-corrected chi connectivity index (χ3v) is 4.12. The van der Waals surface area contributed by atoms with Crippen LogP contribution in [0.3, 0.4) is 0 Å². The highest BCUT2D eigenvalue weighted by Gasteiger charge is 2.20. The molecule has 0 aliphatic rings. The van der Waals surface area contributed by atoms with E-state index in [-0.39, 0.29) is 12.4 Å². The Hall–Kier alpha value is -2.65. The highest BCUT2D eigenvalue weighted by Crippen LogP contribution is 2.31. The minimum atomic E-state index is 0. The Morgan fingerprint density at radius 2 is 1.74 bits per heavy atom. The second-order valence-corrected chi connectivity index (χ2v) is 5.47. The van der Waals surface area contributed by atoms with Crippen molar-refractivity contribution in [3.05, 3.63) is 67.0 Å². The zero-order chi connectivity index (χ0) is 15.1. The fourth-order valence-corrected chi connectivity index (χ4v) is 3.14. The number of nitrogens with two attached hydrogens (primary N) is 1. The first-order valence-corrected chi connectivity index (χ1v) is 7.26. The van der Waals surface area contributed by atoms with Gasteiger partial charge in [0.05, 0.1) is 16.3 Å². The smallest absolute Gasteiger partial charge is 0.222 e. The summed E-state index contributed by atoms with van der Waals surface area (Å²) in [6.07, 6.45) is 3.69. The van der Waals surface area contributed by atoms with Gasteiger partial charge in [-0.25, -0.2) is 0 Å². The van der Waals surface area contributed by atoms with Crippen molar-refractivity contribution in [1.82, 2.24) is 4.98 Å². The van der Waals surface area contributed by atoms with Crippen LogP contribution in [0.5, 0.6) is 0 Å². The lowest BCUT2D eigenvalue weighted by molar-refractivity contribution is -0.632. The maximum absolute atomic E-state index is 6.04. The summed E-state index contributed by atoms with van der Waals surface area (Å²) in [6.45, 7) is 0. The molecule has 0 amide bonds. The predicted molar refractivity (Wildman–Crippen MR) is 90.3 cm³/mol. The van der Waals surface area contributed by atoms with Crippen LogP contribution in [0.25, 0.3) is 32.9 Å². The molecule has 114 valence electrons. The maximum atomic E-state index is 6.04. The Morgan fingerprint density at radius 3 is 2.52 bits per heavy atom. The molecule has 2 heterocycles. The summed E-state index contributed by atoms with van der Waals surface area (Å²) in [5.41, 5.74) is 10.2. The first-order valence-electron chi connectivity index (χ1n) is 7.26. The van der Waals surface area contributed by atoms with Gasteiger partial charge in [0.15, 0.2) is 0 Å². The van der Waals surface area contributed by atoms with Crippen LogP contribution >= 0.6 is 0 Å². The number of hydrogen-bond acceptors (Lipinski definition) is 2. The molecule has 0 saturated heterocycles. The molecule has 0 spiro atoms. The molecule has 0 bridgehead atoms. The monoisotopic (exact) mass is 321 g/mol. The molecule has 4 aromatic rings.